The van der Waals surface area contributed by atoms with E-state index in [1.807, 2.05) is 35.9 Å². The third-order valence-corrected chi connectivity index (χ3v) is 2.87. The van der Waals surface area contributed by atoms with E-state index >= 15 is 0 Å². The van der Waals surface area contributed by atoms with Crippen molar-refractivity contribution in [3.63, 3.8) is 0 Å². The van der Waals surface area contributed by atoms with Gasteiger partial charge < -0.3 is 9.67 Å². The first-order chi connectivity index (χ1) is 8.78. The molecule has 1 aromatic carbocycles. The van der Waals surface area contributed by atoms with Crippen LogP contribution in [-0.4, -0.2) is 24.6 Å². The second kappa shape index (κ2) is 4.19. The van der Waals surface area contributed by atoms with E-state index in [-0.39, 0.29) is 6.61 Å². The summed E-state index contributed by atoms with van der Waals surface area (Å²) in [6, 6.07) is 7.81. The number of aliphatic hydroxyl groups is 1. The topological polar surface area (TPSA) is 63.8 Å². The maximum absolute atomic E-state index is 9.04. The quantitative estimate of drug-likeness (QED) is 0.737. The van der Waals surface area contributed by atoms with Gasteiger partial charge in [0.2, 0.25) is 0 Å². The van der Waals surface area contributed by atoms with E-state index in [0.29, 0.717) is 5.82 Å². The highest BCUT2D eigenvalue weighted by Gasteiger charge is 2.05. The molecule has 5 nitrogen and oxygen atoms in total. The number of hydrogen-bond donors (Lipinski definition) is 1. The zero-order chi connectivity index (χ0) is 12.5. The molecular weight excluding hydrogens is 228 g/mol. The van der Waals surface area contributed by atoms with Crippen molar-refractivity contribution in [3.05, 3.63) is 42.6 Å². The van der Waals surface area contributed by atoms with Crippen molar-refractivity contribution in [1.82, 2.24) is 19.5 Å². The van der Waals surface area contributed by atoms with Gasteiger partial charge in [0.1, 0.15) is 6.61 Å². The highest BCUT2D eigenvalue weighted by Crippen LogP contribution is 2.21. The number of fused-ring (bicyclic) bond motifs is 1. The first kappa shape index (κ1) is 10.9. The Morgan fingerprint density at radius 1 is 1.22 bits per heavy atom. The van der Waals surface area contributed by atoms with Crippen LogP contribution in [0.25, 0.3) is 22.3 Å². The second-order valence-electron chi connectivity index (χ2n) is 4.08. The predicted octanol–water partition coefficient (Wildman–Crippen LogP) is 1.52. The number of aryl methyl sites for hydroxylation is 1. The molecule has 0 saturated heterocycles. The number of nitrogens with zero attached hydrogens (tertiary/aromatic N) is 4. The minimum atomic E-state index is -0.153. The van der Waals surface area contributed by atoms with Crippen LogP contribution in [-0.2, 0) is 13.7 Å². The molecule has 0 saturated carbocycles. The highest BCUT2D eigenvalue weighted by molar-refractivity contribution is 5.81. The summed E-state index contributed by atoms with van der Waals surface area (Å²) in [7, 11) is 1.96. The maximum Gasteiger partial charge on any atom is 0.154 e. The normalized spacial score (nSPS) is 11.0. The Morgan fingerprint density at radius 2 is 2.11 bits per heavy atom. The number of rotatable bonds is 2. The minimum Gasteiger partial charge on any atom is -0.388 e. The van der Waals surface area contributed by atoms with Gasteiger partial charge in [-0.15, -0.1) is 0 Å². The molecule has 0 aliphatic rings. The molecule has 0 fully saturated rings. The van der Waals surface area contributed by atoms with Gasteiger partial charge in [-0.05, 0) is 18.2 Å². The van der Waals surface area contributed by atoms with Gasteiger partial charge in [0.05, 0.1) is 23.1 Å². The summed E-state index contributed by atoms with van der Waals surface area (Å²) in [6.45, 7) is -0.153. The monoisotopic (exact) mass is 240 g/mol. The van der Waals surface area contributed by atoms with E-state index in [1.165, 1.54) is 0 Å². The van der Waals surface area contributed by atoms with E-state index in [0.717, 1.165) is 22.3 Å². The zero-order valence-corrected chi connectivity index (χ0v) is 9.91. The number of imidazole rings is 1. The molecular formula is C13H12N4O. The van der Waals surface area contributed by atoms with Crippen LogP contribution in [0.4, 0.5) is 0 Å². The summed E-state index contributed by atoms with van der Waals surface area (Å²) < 4.78 is 1.97. The van der Waals surface area contributed by atoms with Crippen molar-refractivity contribution in [2.75, 3.05) is 0 Å². The van der Waals surface area contributed by atoms with Gasteiger partial charge in [0, 0.05) is 18.8 Å². The fourth-order valence-electron chi connectivity index (χ4n) is 1.93. The average Bonchev–Trinajstić information content (AvgIpc) is 2.80. The van der Waals surface area contributed by atoms with Crippen LogP contribution in [0.2, 0.25) is 0 Å². The van der Waals surface area contributed by atoms with E-state index in [9.17, 15) is 0 Å². The Morgan fingerprint density at radius 3 is 2.94 bits per heavy atom. The van der Waals surface area contributed by atoms with Crippen LogP contribution in [0.3, 0.4) is 0 Å². The lowest BCUT2D eigenvalue weighted by Gasteiger charge is -2.02. The molecule has 0 bridgehead atoms. The van der Waals surface area contributed by atoms with Crippen molar-refractivity contribution < 1.29 is 5.11 Å². The summed E-state index contributed by atoms with van der Waals surface area (Å²) in [5.74, 6) is 0.425. The van der Waals surface area contributed by atoms with Crippen molar-refractivity contribution in [1.29, 1.82) is 0 Å². The summed E-state index contributed by atoms with van der Waals surface area (Å²) in [6.07, 6.45) is 3.43. The first-order valence-corrected chi connectivity index (χ1v) is 5.62. The van der Waals surface area contributed by atoms with Gasteiger partial charge in [-0.1, -0.05) is 6.07 Å². The fraction of sp³-hybridized carbons (Fsp3) is 0.154. The van der Waals surface area contributed by atoms with E-state index in [4.69, 9.17) is 5.11 Å². The van der Waals surface area contributed by atoms with Crippen LogP contribution in [0.5, 0.6) is 0 Å². The fourth-order valence-corrected chi connectivity index (χ4v) is 1.93. The molecule has 0 unspecified atom stereocenters. The molecule has 3 rings (SSSR count). The zero-order valence-electron chi connectivity index (χ0n) is 9.91. The van der Waals surface area contributed by atoms with Gasteiger partial charge in [0.25, 0.3) is 0 Å². The number of aromatic nitrogens is 4. The van der Waals surface area contributed by atoms with Crippen LogP contribution >= 0.6 is 0 Å². The van der Waals surface area contributed by atoms with Crippen molar-refractivity contribution >= 4 is 11.0 Å². The maximum atomic E-state index is 9.04. The molecule has 5 heteroatoms. The van der Waals surface area contributed by atoms with Crippen LogP contribution in [0.1, 0.15) is 5.82 Å². The third-order valence-electron chi connectivity index (χ3n) is 2.87. The molecule has 0 atom stereocenters. The summed E-state index contributed by atoms with van der Waals surface area (Å²) in [4.78, 5) is 12.6. The lowest BCUT2D eigenvalue weighted by atomic mass is 10.1. The van der Waals surface area contributed by atoms with Crippen molar-refractivity contribution in [2.45, 2.75) is 6.61 Å². The van der Waals surface area contributed by atoms with Gasteiger partial charge >= 0.3 is 0 Å². The molecule has 1 N–H and O–H groups in total. The molecule has 2 heterocycles. The average molecular weight is 240 g/mol. The van der Waals surface area contributed by atoms with Gasteiger partial charge in [-0.2, -0.15) is 0 Å². The van der Waals surface area contributed by atoms with Crippen LogP contribution in [0, 0.1) is 0 Å². The van der Waals surface area contributed by atoms with E-state index < -0.39 is 0 Å². The molecule has 18 heavy (non-hydrogen) atoms. The molecule has 3 aromatic rings. The molecule has 90 valence electrons. The van der Waals surface area contributed by atoms with Crippen LogP contribution < -0.4 is 0 Å². The van der Waals surface area contributed by atoms with E-state index in [1.54, 1.807) is 12.5 Å². The lowest BCUT2D eigenvalue weighted by molar-refractivity contribution is 0.271. The Balaban J connectivity index is 2.13. The van der Waals surface area contributed by atoms with Crippen LogP contribution in [0.15, 0.2) is 36.8 Å². The standard InChI is InChI=1S/C13H12N4O/c1-17-8-15-11-6-9(2-3-12(11)17)10-4-5-14-13(7-18)16-10/h2-6,8,18H,7H2,1H3. The highest BCUT2D eigenvalue weighted by atomic mass is 16.3. The molecule has 0 aliphatic heterocycles. The molecule has 2 aromatic heterocycles. The molecule has 0 spiro atoms. The summed E-state index contributed by atoms with van der Waals surface area (Å²) in [5.41, 5.74) is 3.77. The summed E-state index contributed by atoms with van der Waals surface area (Å²) >= 11 is 0. The van der Waals surface area contributed by atoms with E-state index in [2.05, 4.69) is 15.0 Å². The Hall–Kier alpha value is -2.27. The van der Waals surface area contributed by atoms with Gasteiger partial charge in [0.15, 0.2) is 5.82 Å². The van der Waals surface area contributed by atoms with Gasteiger partial charge in [-0.25, -0.2) is 15.0 Å². The second-order valence-corrected chi connectivity index (χ2v) is 4.08. The van der Waals surface area contributed by atoms with Gasteiger partial charge in [-0.3, -0.25) is 0 Å². The number of hydrogen-bond acceptors (Lipinski definition) is 4. The van der Waals surface area contributed by atoms with Crippen molar-refractivity contribution in [3.8, 4) is 11.3 Å². The third kappa shape index (κ3) is 1.74. The molecule has 0 radical (unpaired) electrons. The molecule has 0 amide bonds. The Kier molecular flexibility index (Phi) is 2.53. The lowest BCUT2D eigenvalue weighted by Crippen LogP contribution is -1.95. The number of aliphatic hydroxyl groups excluding tert-OH is 1. The van der Waals surface area contributed by atoms with Crippen molar-refractivity contribution in [2.24, 2.45) is 7.05 Å². The Bertz CT molecular complexity index is 705. The predicted molar refractivity (Wildman–Crippen MR) is 67.7 cm³/mol. The smallest absolute Gasteiger partial charge is 0.154 e. The summed E-state index contributed by atoms with van der Waals surface area (Å²) in [5, 5.41) is 9.04. The first-order valence-electron chi connectivity index (χ1n) is 5.62. The molecule has 0 aliphatic carbocycles. The Labute approximate surface area is 104 Å². The largest absolute Gasteiger partial charge is 0.388 e. The number of benzene rings is 1. The SMILES string of the molecule is Cn1cnc2cc(-c3ccnc(CO)n3)ccc21. The minimum absolute atomic E-state index is 0.153.